The molecule has 6 nitrogen and oxygen atoms in total. The maximum atomic E-state index is 12.6. The second-order valence-corrected chi connectivity index (χ2v) is 7.92. The number of anilines is 1. The highest BCUT2D eigenvalue weighted by Crippen LogP contribution is 2.32. The molecule has 2 saturated heterocycles. The summed E-state index contributed by atoms with van der Waals surface area (Å²) in [6.45, 7) is 7.73. The molecule has 0 aromatic heterocycles. The van der Waals surface area contributed by atoms with E-state index in [-0.39, 0.29) is 24.2 Å². The normalized spacial score (nSPS) is 23.7. The zero-order valence-corrected chi connectivity index (χ0v) is 16.6. The second kappa shape index (κ2) is 8.74. The van der Waals surface area contributed by atoms with E-state index in [0.717, 1.165) is 25.2 Å². The summed E-state index contributed by atoms with van der Waals surface area (Å²) in [5.74, 6) is 0.813. The molecule has 0 bridgehead atoms. The Kier molecular flexibility index (Phi) is 6.37. The predicted octanol–water partition coefficient (Wildman–Crippen LogP) is 2.28. The highest BCUT2D eigenvalue weighted by molar-refractivity contribution is 6.01. The molecule has 0 aliphatic carbocycles. The molecule has 148 valence electrons. The van der Waals surface area contributed by atoms with Gasteiger partial charge in [0.2, 0.25) is 11.8 Å². The summed E-state index contributed by atoms with van der Waals surface area (Å²) in [6.07, 6.45) is 2.59. The van der Waals surface area contributed by atoms with E-state index in [4.69, 9.17) is 4.74 Å². The lowest BCUT2D eigenvalue weighted by Crippen LogP contribution is -2.44. The zero-order valence-electron chi connectivity index (χ0n) is 16.6. The first kappa shape index (κ1) is 19.7. The largest absolute Gasteiger partial charge is 0.495 e. The van der Waals surface area contributed by atoms with E-state index in [1.54, 1.807) is 12.0 Å². The fraction of sp³-hybridized carbons (Fsp3) is 0.619. The molecule has 2 amide bonds. The summed E-state index contributed by atoms with van der Waals surface area (Å²) in [4.78, 5) is 29.3. The summed E-state index contributed by atoms with van der Waals surface area (Å²) in [5.41, 5.74) is 0.736. The van der Waals surface area contributed by atoms with Gasteiger partial charge in [-0.1, -0.05) is 12.1 Å². The van der Waals surface area contributed by atoms with Gasteiger partial charge in [-0.15, -0.1) is 0 Å². The average molecular weight is 373 g/mol. The van der Waals surface area contributed by atoms with Crippen molar-refractivity contribution < 1.29 is 14.3 Å². The third-order valence-corrected chi connectivity index (χ3v) is 5.72. The second-order valence-electron chi connectivity index (χ2n) is 7.92. The first-order valence-electron chi connectivity index (χ1n) is 9.94. The number of para-hydroxylation sites is 2. The van der Waals surface area contributed by atoms with E-state index in [0.29, 0.717) is 30.8 Å². The van der Waals surface area contributed by atoms with Gasteiger partial charge in [0.15, 0.2) is 0 Å². The minimum Gasteiger partial charge on any atom is -0.495 e. The quantitative estimate of drug-likeness (QED) is 0.831. The van der Waals surface area contributed by atoms with Crippen LogP contribution in [0.2, 0.25) is 0 Å². The fourth-order valence-corrected chi connectivity index (χ4v) is 4.09. The molecular formula is C21H31N3O3. The molecule has 2 fully saturated rings. The number of piperidine rings is 1. The van der Waals surface area contributed by atoms with Gasteiger partial charge in [-0.25, -0.2) is 0 Å². The predicted molar refractivity (Wildman–Crippen MR) is 106 cm³/mol. The van der Waals surface area contributed by atoms with Crippen molar-refractivity contribution in [2.45, 2.75) is 39.2 Å². The van der Waals surface area contributed by atoms with Gasteiger partial charge in [0.05, 0.1) is 18.7 Å². The van der Waals surface area contributed by atoms with Crippen molar-refractivity contribution in [2.75, 3.05) is 38.2 Å². The first-order valence-corrected chi connectivity index (χ1v) is 9.94. The number of likely N-dealkylation sites (tertiary alicyclic amines) is 1. The maximum absolute atomic E-state index is 12.6. The number of carbonyl (C=O) groups excluding carboxylic acids is 2. The molecule has 0 radical (unpaired) electrons. The van der Waals surface area contributed by atoms with Crippen LogP contribution in [0.5, 0.6) is 5.75 Å². The van der Waals surface area contributed by atoms with E-state index in [9.17, 15) is 9.59 Å². The van der Waals surface area contributed by atoms with Crippen LogP contribution < -0.4 is 15.0 Å². The molecule has 0 unspecified atom stereocenters. The Morgan fingerprint density at radius 3 is 2.81 bits per heavy atom. The van der Waals surface area contributed by atoms with Gasteiger partial charge in [0.25, 0.3) is 0 Å². The zero-order chi connectivity index (χ0) is 19.4. The Hall–Kier alpha value is -2.08. The van der Waals surface area contributed by atoms with Gasteiger partial charge in [0.1, 0.15) is 5.75 Å². The molecule has 1 aromatic carbocycles. The van der Waals surface area contributed by atoms with E-state index in [1.807, 2.05) is 24.3 Å². The van der Waals surface area contributed by atoms with Crippen molar-refractivity contribution in [3.05, 3.63) is 24.3 Å². The smallest absolute Gasteiger partial charge is 0.227 e. The lowest BCUT2D eigenvalue weighted by Gasteiger charge is -2.35. The van der Waals surface area contributed by atoms with Crippen molar-refractivity contribution in [1.82, 2.24) is 10.2 Å². The van der Waals surface area contributed by atoms with Crippen LogP contribution >= 0.6 is 0 Å². The highest BCUT2D eigenvalue weighted by atomic mass is 16.5. The van der Waals surface area contributed by atoms with Crippen molar-refractivity contribution in [3.8, 4) is 5.75 Å². The third kappa shape index (κ3) is 4.61. The maximum Gasteiger partial charge on any atom is 0.227 e. The number of hydrogen-bond acceptors (Lipinski definition) is 4. The van der Waals surface area contributed by atoms with Crippen molar-refractivity contribution in [1.29, 1.82) is 0 Å². The van der Waals surface area contributed by atoms with Gasteiger partial charge in [-0.3, -0.25) is 9.59 Å². The summed E-state index contributed by atoms with van der Waals surface area (Å²) in [7, 11) is 1.59. The summed E-state index contributed by atoms with van der Waals surface area (Å²) in [6, 6.07) is 7.99. The number of nitrogens with zero attached hydrogens (tertiary/aromatic N) is 2. The van der Waals surface area contributed by atoms with Gasteiger partial charge < -0.3 is 19.9 Å². The molecule has 1 aromatic rings. The SMILES string of the molecule is COc1ccccc1N1C[C@@H](C(=O)NC[C@@H]2CCCN(C(C)C)C2)CC1=O. The van der Waals surface area contributed by atoms with Crippen molar-refractivity contribution in [2.24, 2.45) is 11.8 Å². The molecule has 3 rings (SSSR count). The van der Waals surface area contributed by atoms with Crippen LogP contribution in [0.1, 0.15) is 33.1 Å². The van der Waals surface area contributed by atoms with Gasteiger partial charge >= 0.3 is 0 Å². The molecule has 2 aliphatic heterocycles. The van der Waals surface area contributed by atoms with E-state index in [1.165, 1.54) is 6.42 Å². The Bertz CT molecular complexity index is 676. The van der Waals surface area contributed by atoms with Crippen LogP contribution in [0.15, 0.2) is 24.3 Å². The Balaban J connectivity index is 1.55. The number of benzene rings is 1. The van der Waals surface area contributed by atoms with Crippen LogP contribution in [0, 0.1) is 11.8 Å². The van der Waals surface area contributed by atoms with Gasteiger partial charge in [-0.2, -0.15) is 0 Å². The molecule has 2 aliphatic rings. The molecular weight excluding hydrogens is 342 g/mol. The third-order valence-electron chi connectivity index (χ3n) is 5.72. The minimum absolute atomic E-state index is 0.0116. The molecule has 2 atom stereocenters. The van der Waals surface area contributed by atoms with Crippen LogP contribution in [-0.4, -0.2) is 56.0 Å². The van der Waals surface area contributed by atoms with E-state index >= 15 is 0 Å². The van der Waals surface area contributed by atoms with Crippen molar-refractivity contribution >= 4 is 17.5 Å². The van der Waals surface area contributed by atoms with Crippen LogP contribution in [0.25, 0.3) is 0 Å². The molecule has 6 heteroatoms. The van der Waals surface area contributed by atoms with Crippen LogP contribution in [-0.2, 0) is 9.59 Å². The number of hydrogen-bond donors (Lipinski definition) is 1. The highest BCUT2D eigenvalue weighted by Gasteiger charge is 2.36. The summed E-state index contributed by atoms with van der Waals surface area (Å²) < 4.78 is 5.36. The average Bonchev–Trinajstić information content (AvgIpc) is 3.07. The molecule has 0 saturated carbocycles. The Morgan fingerprint density at radius 2 is 2.07 bits per heavy atom. The van der Waals surface area contributed by atoms with Gasteiger partial charge in [0, 0.05) is 32.1 Å². The number of nitrogens with one attached hydrogen (secondary N) is 1. The molecule has 2 heterocycles. The Labute approximate surface area is 161 Å². The monoisotopic (exact) mass is 373 g/mol. The van der Waals surface area contributed by atoms with E-state index < -0.39 is 0 Å². The minimum atomic E-state index is -0.299. The first-order chi connectivity index (χ1) is 13.0. The molecule has 27 heavy (non-hydrogen) atoms. The molecule has 1 N–H and O–H groups in total. The summed E-state index contributed by atoms with van der Waals surface area (Å²) in [5, 5.41) is 3.10. The number of methoxy groups -OCH3 is 1. The standard InChI is InChI=1S/C21H31N3O3/c1-15(2)23-10-6-7-16(13-23)12-22-21(26)17-11-20(25)24(14-17)18-8-4-5-9-19(18)27-3/h4-5,8-9,15-17H,6-7,10-14H2,1-3H3,(H,22,26)/t16-,17-/m0/s1. The van der Waals surface area contributed by atoms with Crippen LogP contribution in [0.4, 0.5) is 5.69 Å². The van der Waals surface area contributed by atoms with E-state index in [2.05, 4.69) is 24.1 Å². The van der Waals surface area contributed by atoms with Gasteiger partial charge in [-0.05, 0) is 51.3 Å². The lowest BCUT2D eigenvalue weighted by atomic mass is 9.96. The number of ether oxygens (including phenoxy) is 1. The number of carbonyl (C=O) groups is 2. The Morgan fingerprint density at radius 1 is 1.30 bits per heavy atom. The number of rotatable bonds is 6. The summed E-state index contributed by atoms with van der Waals surface area (Å²) >= 11 is 0. The van der Waals surface area contributed by atoms with Crippen molar-refractivity contribution in [3.63, 3.8) is 0 Å². The topological polar surface area (TPSA) is 61.9 Å². The van der Waals surface area contributed by atoms with Crippen LogP contribution in [0.3, 0.4) is 0 Å². The number of amides is 2. The lowest BCUT2D eigenvalue weighted by molar-refractivity contribution is -0.126. The fourth-order valence-electron chi connectivity index (χ4n) is 4.09. The molecule has 0 spiro atoms.